The van der Waals surface area contributed by atoms with Gasteiger partial charge in [0, 0.05) is 42.9 Å². The highest BCUT2D eigenvalue weighted by Crippen LogP contribution is 2.40. The van der Waals surface area contributed by atoms with E-state index in [1.165, 1.54) is 0 Å². The second-order valence-electron chi connectivity index (χ2n) is 9.66. The average molecular weight is 470 g/mol. The molecule has 0 atom stereocenters. The molecule has 2 N–H and O–H groups in total. The van der Waals surface area contributed by atoms with E-state index in [0.717, 1.165) is 30.9 Å². The third-order valence-electron chi connectivity index (χ3n) is 6.39. The predicted octanol–water partition coefficient (Wildman–Crippen LogP) is 4.36. The van der Waals surface area contributed by atoms with Gasteiger partial charge in [-0.3, -0.25) is 9.59 Å². The van der Waals surface area contributed by atoms with E-state index in [2.05, 4.69) is 29.0 Å². The molecule has 0 unspecified atom stereocenters. The lowest BCUT2D eigenvalue weighted by atomic mass is 9.75. The number of anilines is 2. The summed E-state index contributed by atoms with van der Waals surface area (Å²) in [6, 6.07) is 3.75. The smallest absolute Gasteiger partial charge is 0.272 e. The van der Waals surface area contributed by atoms with Crippen molar-refractivity contribution in [1.29, 1.82) is 0 Å². The third kappa shape index (κ3) is 4.78. The zero-order valence-corrected chi connectivity index (χ0v) is 20.8. The lowest BCUT2D eigenvalue weighted by Crippen LogP contribution is -2.36. The molecule has 34 heavy (non-hydrogen) atoms. The number of hydrogen-bond donors (Lipinski definition) is 2. The van der Waals surface area contributed by atoms with Crippen LogP contribution in [0.2, 0.25) is 0 Å². The average Bonchev–Trinajstić information content (AvgIpc) is 3.11. The number of ketones is 1. The number of nitrogens with one attached hydrogen (secondary N) is 2. The van der Waals surface area contributed by atoms with Crippen molar-refractivity contribution in [2.75, 3.05) is 49.7 Å². The van der Waals surface area contributed by atoms with Gasteiger partial charge in [-0.1, -0.05) is 13.8 Å². The Kier molecular flexibility index (Phi) is 6.89. The van der Waals surface area contributed by atoms with Gasteiger partial charge in [-0.05, 0) is 38.2 Å². The van der Waals surface area contributed by atoms with Crippen LogP contribution in [0.25, 0.3) is 0 Å². The Hall–Kier alpha value is -3.00. The van der Waals surface area contributed by atoms with E-state index in [9.17, 15) is 9.59 Å². The van der Waals surface area contributed by atoms with Crippen LogP contribution in [-0.4, -0.2) is 56.2 Å². The first-order valence-corrected chi connectivity index (χ1v) is 12.1. The van der Waals surface area contributed by atoms with Crippen LogP contribution in [0, 0.1) is 12.3 Å². The van der Waals surface area contributed by atoms with E-state index in [1.54, 1.807) is 0 Å². The standard InChI is InChI=1S/C26H35N3O5/c1-6-33-21-13-19(29-8-10-32-11-9-29)22(34-7-2)12-17(21)28-25(31)24-16(3)23-18(27-24)14-26(4,5)15-20(23)30/h12-13,27H,6-11,14-15H2,1-5H3,(H,28,31). The molecule has 2 aliphatic rings. The van der Waals surface area contributed by atoms with Crippen LogP contribution in [0.3, 0.4) is 0 Å². The van der Waals surface area contributed by atoms with Gasteiger partial charge >= 0.3 is 0 Å². The fraction of sp³-hybridized carbons (Fsp3) is 0.538. The van der Waals surface area contributed by atoms with Crippen LogP contribution >= 0.6 is 0 Å². The lowest BCUT2D eigenvalue weighted by molar-refractivity contribution is 0.0910. The van der Waals surface area contributed by atoms with E-state index in [0.29, 0.717) is 66.9 Å². The topological polar surface area (TPSA) is 92.9 Å². The molecule has 2 heterocycles. The SMILES string of the molecule is CCOc1cc(N2CCOCC2)c(OCC)cc1NC(=O)c1[nH]c2c(c1C)C(=O)CC(C)(C)C2. The van der Waals surface area contributed by atoms with Crippen molar-refractivity contribution in [3.05, 3.63) is 34.6 Å². The van der Waals surface area contributed by atoms with E-state index in [4.69, 9.17) is 14.2 Å². The maximum absolute atomic E-state index is 13.4. The molecule has 1 aliphatic carbocycles. The summed E-state index contributed by atoms with van der Waals surface area (Å²) in [5.74, 6) is 1.04. The predicted molar refractivity (Wildman–Crippen MR) is 132 cm³/mol. The minimum absolute atomic E-state index is 0.0857. The number of morpholine rings is 1. The highest BCUT2D eigenvalue weighted by molar-refractivity contribution is 6.09. The van der Waals surface area contributed by atoms with Crippen LogP contribution in [0.15, 0.2) is 12.1 Å². The van der Waals surface area contributed by atoms with Gasteiger partial charge in [0.15, 0.2) is 5.78 Å². The largest absolute Gasteiger partial charge is 0.492 e. The summed E-state index contributed by atoms with van der Waals surface area (Å²) < 4.78 is 17.3. The molecular weight excluding hydrogens is 434 g/mol. The van der Waals surface area contributed by atoms with Gasteiger partial charge in [-0.2, -0.15) is 0 Å². The number of carbonyl (C=O) groups excluding carboxylic acids is 2. The minimum atomic E-state index is -0.306. The van der Waals surface area contributed by atoms with Crippen molar-refractivity contribution >= 4 is 23.1 Å². The number of Topliss-reactive ketones (excluding diaryl/α,β-unsaturated/α-hetero) is 1. The third-order valence-corrected chi connectivity index (χ3v) is 6.39. The van der Waals surface area contributed by atoms with Crippen molar-refractivity contribution in [2.45, 2.75) is 47.5 Å². The summed E-state index contributed by atoms with van der Waals surface area (Å²) in [6.07, 6.45) is 1.21. The zero-order valence-electron chi connectivity index (χ0n) is 20.8. The highest BCUT2D eigenvalue weighted by Gasteiger charge is 2.35. The lowest BCUT2D eigenvalue weighted by Gasteiger charge is -2.31. The Bertz CT molecular complexity index is 1080. The van der Waals surface area contributed by atoms with E-state index in [1.807, 2.05) is 32.9 Å². The van der Waals surface area contributed by atoms with Crippen molar-refractivity contribution in [2.24, 2.45) is 5.41 Å². The molecule has 8 nitrogen and oxygen atoms in total. The molecule has 1 saturated heterocycles. The Balaban J connectivity index is 1.67. The van der Waals surface area contributed by atoms with Crippen LogP contribution in [0.1, 0.15) is 66.2 Å². The molecule has 1 aliphatic heterocycles. The molecule has 4 rings (SSSR count). The van der Waals surface area contributed by atoms with Gasteiger partial charge in [-0.15, -0.1) is 0 Å². The second-order valence-corrected chi connectivity index (χ2v) is 9.66. The van der Waals surface area contributed by atoms with Crippen LogP contribution in [0.5, 0.6) is 11.5 Å². The Morgan fingerprint density at radius 1 is 1.12 bits per heavy atom. The number of benzene rings is 1. The van der Waals surface area contributed by atoms with Crippen molar-refractivity contribution in [3.8, 4) is 11.5 Å². The quantitative estimate of drug-likeness (QED) is 0.626. The molecule has 0 radical (unpaired) electrons. The molecule has 1 fully saturated rings. The number of aromatic amines is 1. The van der Waals surface area contributed by atoms with Gasteiger partial charge in [-0.25, -0.2) is 0 Å². The Labute approximate surface area is 200 Å². The number of rotatable bonds is 7. The summed E-state index contributed by atoms with van der Waals surface area (Å²) in [5, 5.41) is 3.00. The maximum atomic E-state index is 13.4. The van der Waals surface area contributed by atoms with E-state index in [-0.39, 0.29) is 17.1 Å². The van der Waals surface area contributed by atoms with E-state index >= 15 is 0 Å². The fourth-order valence-corrected chi connectivity index (χ4v) is 4.89. The van der Waals surface area contributed by atoms with Gasteiger partial charge in [0.05, 0.1) is 37.8 Å². The van der Waals surface area contributed by atoms with Gasteiger partial charge in [0.1, 0.15) is 17.2 Å². The van der Waals surface area contributed by atoms with Gasteiger partial charge in [0.25, 0.3) is 5.91 Å². The number of carbonyl (C=O) groups is 2. The summed E-state index contributed by atoms with van der Waals surface area (Å²) in [4.78, 5) is 31.6. The summed E-state index contributed by atoms with van der Waals surface area (Å²) >= 11 is 0. The molecular formula is C26H35N3O5. The highest BCUT2D eigenvalue weighted by atomic mass is 16.5. The zero-order chi connectivity index (χ0) is 24.5. The molecule has 1 aromatic heterocycles. The first-order chi connectivity index (χ1) is 16.2. The molecule has 0 bridgehead atoms. The number of ether oxygens (including phenoxy) is 3. The first kappa shape index (κ1) is 24.1. The number of aromatic nitrogens is 1. The maximum Gasteiger partial charge on any atom is 0.272 e. The first-order valence-electron chi connectivity index (χ1n) is 12.1. The number of nitrogens with zero attached hydrogens (tertiary/aromatic N) is 1. The van der Waals surface area contributed by atoms with Crippen molar-refractivity contribution in [3.63, 3.8) is 0 Å². The van der Waals surface area contributed by atoms with Crippen LogP contribution in [-0.2, 0) is 11.2 Å². The Morgan fingerprint density at radius 3 is 2.47 bits per heavy atom. The van der Waals surface area contributed by atoms with Gasteiger partial charge < -0.3 is 29.4 Å². The normalized spacial score (nSPS) is 17.3. The Morgan fingerprint density at radius 2 is 1.79 bits per heavy atom. The summed E-state index contributed by atoms with van der Waals surface area (Å²) in [7, 11) is 0. The summed E-state index contributed by atoms with van der Waals surface area (Å²) in [5.41, 5.74) is 3.93. The van der Waals surface area contributed by atoms with Crippen LogP contribution < -0.4 is 19.7 Å². The number of hydrogen-bond acceptors (Lipinski definition) is 6. The molecule has 2 aromatic rings. The minimum Gasteiger partial charge on any atom is -0.492 e. The van der Waals surface area contributed by atoms with Gasteiger partial charge in [0.2, 0.25) is 0 Å². The van der Waals surface area contributed by atoms with Crippen molar-refractivity contribution in [1.82, 2.24) is 4.98 Å². The molecule has 1 amide bonds. The molecule has 0 saturated carbocycles. The molecule has 184 valence electrons. The number of H-pyrrole nitrogens is 1. The molecule has 8 heteroatoms. The second kappa shape index (κ2) is 9.70. The fourth-order valence-electron chi connectivity index (χ4n) is 4.89. The summed E-state index contributed by atoms with van der Waals surface area (Å²) in [6.45, 7) is 13.6. The molecule has 1 aromatic carbocycles. The van der Waals surface area contributed by atoms with Crippen LogP contribution in [0.4, 0.5) is 11.4 Å². The monoisotopic (exact) mass is 469 g/mol. The number of fused-ring (bicyclic) bond motifs is 1. The van der Waals surface area contributed by atoms with E-state index < -0.39 is 0 Å². The number of amides is 1. The molecule has 0 spiro atoms. The van der Waals surface area contributed by atoms with Crippen molar-refractivity contribution < 1.29 is 23.8 Å².